The molecule has 3 heterocycles. The molecule has 0 radical (unpaired) electrons. The molecule has 9 rings (SSSR count). The lowest BCUT2D eigenvalue weighted by molar-refractivity contribution is 1.07. The van der Waals surface area contributed by atoms with Gasteiger partial charge in [-0.15, -0.1) is 11.3 Å². The molecule has 0 saturated carbocycles. The van der Waals surface area contributed by atoms with Crippen molar-refractivity contribution in [2.24, 2.45) is 0 Å². The van der Waals surface area contributed by atoms with Crippen LogP contribution in [0.4, 0.5) is 0 Å². The summed E-state index contributed by atoms with van der Waals surface area (Å²) in [5.74, 6) is 1.96. The number of rotatable bonds is 5. The van der Waals surface area contributed by atoms with Crippen molar-refractivity contribution >= 4 is 42.5 Å². The van der Waals surface area contributed by atoms with Crippen molar-refractivity contribution in [1.29, 1.82) is 0 Å². The maximum atomic E-state index is 4.96. The van der Waals surface area contributed by atoms with Gasteiger partial charge >= 0.3 is 0 Å². The molecule has 4 nitrogen and oxygen atoms in total. The molecule has 216 valence electrons. The second-order valence-electron chi connectivity index (χ2n) is 11.3. The smallest absolute Gasteiger partial charge is 0.164 e. The Morgan fingerprint density at radius 2 is 0.957 bits per heavy atom. The van der Waals surface area contributed by atoms with E-state index in [1.165, 1.54) is 31.2 Å². The summed E-state index contributed by atoms with van der Waals surface area (Å²) in [6.07, 6.45) is 0. The largest absolute Gasteiger partial charge is 0.308 e. The van der Waals surface area contributed by atoms with Crippen LogP contribution >= 0.6 is 11.3 Å². The molecule has 0 spiro atoms. The Bertz CT molecular complexity index is 2460. The average molecular weight is 607 g/mol. The molecule has 0 aliphatic heterocycles. The molecule has 0 aliphatic carbocycles. The number of hydrogen-bond donors (Lipinski definition) is 0. The zero-order valence-corrected chi connectivity index (χ0v) is 25.5. The van der Waals surface area contributed by atoms with E-state index < -0.39 is 0 Å². The van der Waals surface area contributed by atoms with E-state index in [-0.39, 0.29) is 0 Å². The van der Waals surface area contributed by atoms with Gasteiger partial charge in [-0.1, -0.05) is 127 Å². The van der Waals surface area contributed by atoms with Gasteiger partial charge in [0.15, 0.2) is 17.5 Å². The summed E-state index contributed by atoms with van der Waals surface area (Å²) in [4.78, 5) is 14.8. The van der Waals surface area contributed by atoms with E-state index in [1.54, 1.807) is 0 Å². The Balaban J connectivity index is 1.22. The summed E-state index contributed by atoms with van der Waals surface area (Å²) in [6.45, 7) is 0. The van der Waals surface area contributed by atoms with Crippen molar-refractivity contribution in [3.8, 4) is 51.0 Å². The first-order valence-corrected chi connectivity index (χ1v) is 16.1. The van der Waals surface area contributed by atoms with Gasteiger partial charge in [-0.3, -0.25) is 0 Å². The fourth-order valence-electron chi connectivity index (χ4n) is 6.27. The Morgan fingerprint density at radius 1 is 0.413 bits per heavy atom. The first kappa shape index (κ1) is 26.5. The molecular formula is C41H26N4S. The third kappa shape index (κ3) is 4.48. The predicted molar refractivity (Wildman–Crippen MR) is 191 cm³/mol. The summed E-state index contributed by atoms with van der Waals surface area (Å²) in [5.41, 5.74) is 8.72. The Kier molecular flexibility index (Phi) is 6.28. The van der Waals surface area contributed by atoms with Gasteiger partial charge in [-0.05, 0) is 41.5 Å². The fraction of sp³-hybridized carbons (Fsp3) is 0. The highest BCUT2D eigenvalue weighted by Crippen LogP contribution is 2.43. The molecule has 0 atom stereocenters. The van der Waals surface area contributed by atoms with Crippen LogP contribution in [0.1, 0.15) is 0 Å². The van der Waals surface area contributed by atoms with E-state index in [4.69, 9.17) is 15.0 Å². The van der Waals surface area contributed by atoms with E-state index in [9.17, 15) is 0 Å². The van der Waals surface area contributed by atoms with Crippen molar-refractivity contribution in [2.45, 2.75) is 0 Å². The summed E-state index contributed by atoms with van der Waals surface area (Å²) in [6, 6.07) is 54.9. The number of fused-ring (bicyclic) bond motifs is 5. The van der Waals surface area contributed by atoms with E-state index in [1.807, 2.05) is 72.0 Å². The van der Waals surface area contributed by atoms with Gasteiger partial charge in [0.1, 0.15) is 0 Å². The number of nitrogens with zero attached hydrogens (tertiary/aromatic N) is 4. The quantitative estimate of drug-likeness (QED) is 0.196. The van der Waals surface area contributed by atoms with Gasteiger partial charge in [-0.25, -0.2) is 15.0 Å². The third-order valence-electron chi connectivity index (χ3n) is 8.44. The highest BCUT2D eigenvalue weighted by atomic mass is 32.1. The van der Waals surface area contributed by atoms with Crippen molar-refractivity contribution < 1.29 is 0 Å². The maximum Gasteiger partial charge on any atom is 0.164 e. The maximum absolute atomic E-state index is 4.96. The van der Waals surface area contributed by atoms with Gasteiger partial charge < -0.3 is 4.57 Å². The highest BCUT2D eigenvalue weighted by Gasteiger charge is 2.19. The highest BCUT2D eigenvalue weighted by molar-refractivity contribution is 7.26. The normalized spacial score (nSPS) is 11.5. The minimum atomic E-state index is 0.648. The standard InChI is InChI=1S/C41H26N4S/c1-4-13-27(14-5-1)39-42-40(28-15-6-2-7-16-28)44-41(43-39)31-18-12-17-29(25-31)30-23-24-33-35(26-30)45(32-19-8-3-9-20-32)37-34-21-10-11-22-36(34)46-38(33)37/h1-26H. The minimum Gasteiger partial charge on any atom is -0.308 e. The van der Waals surface area contributed by atoms with Gasteiger partial charge in [-0.2, -0.15) is 0 Å². The molecular weight excluding hydrogens is 581 g/mol. The number of aromatic nitrogens is 4. The second kappa shape index (κ2) is 10.9. The van der Waals surface area contributed by atoms with E-state index in [0.29, 0.717) is 17.5 Å². The van der Waals surface area contributed by atoms with Crippen LogP contribution in [-0.2, 0) is 0 Å². The van der Waals surface area contributed by atoms with Crippen LogP contribution in [0.25, 0.3) is 82.2 Å². The topological polar surface area (TPSA) is 43.6 Å². The molecule has 46 heavy (non-hydrogen) atoms. The molecule has 0 bridgehead atoms. The monoisotopic (exact) mass is 606 g/mol. The van der Waals surface area contributed by atoms with Crippen LogP contribution in [0.2, 0.25) is 0 Å². The number of hydrogen-bond acceptors (Lipinski definition) is 4. The molecule has 6 aromatic carbocycles. The van der Waals surface area contributed by atoms with E-state index in [2.05, 4.69) is 102 Å². The van der Waals surface area contributed by atoms with Crippen molar-refractivity contribution in [1.82, 2.24) is 19.5 Å². The van der Waals surface area contributed by atoms with Crippen LogP contribution in [-0.4, -0.2) is 19.5 Å². The summed E-state index contributed by atoms with van der Waals surface area (Å²) in [5, 5.41) is 2.54. The lowest BCUT2D eigenvalue weighted by atomic mass is 10.0. The molecule has 0 N–H and O–H groups in total. The fourth-order valence-corrected chi connectivity index (χ4v) is 7.49. The molecule has 9 aromatic rings. The Morgan fingerprint density at radius 3 is 1.65 bits per heavy atom. The van der Waals surface area contributed by atoms with E-state index in [0.717, 1.165) is 33.5 Å². The molecule has 0 fully saturated rings. The SMILES string of the molecule is c1ccc(-c2nc(-c3ccccc3)nc(-c3cccc(-c4ccc5c6sc7ccccc7c6n(-c6ccccc6)c5c4)c3)n2)cc1. The lowest BCUT2D eigenvalue weighted by Crippen LogP contribution is -2.00. The molecule has 0 amide bonds. The number of para-hydroxylation sites is 1. The van der Waals surface area contributed by atoms with Crippen LogP contribution in [0, 0.1) is 0 Å². The first-order valence-electron chi connectivity index (χ1n) is 15.3. The van der Waals surface area contributed by atoms with Crippen LogP contribution in [0.3, 0.4) is 0 Å². The molecule has 0 aliphatic rings. The van der Waals surface area contributed by atoms with Crippen molar-refractivity contribution in [3.05, 3.63) is 158 Å². The third-order valence-corrected chi connectivity index (χ3v) is 9.64. The summed E-state index contributed by atoms with van der Waals surface area (Å²) >= 11 is 1.86. The van der Waals surface area contributed by atoms with E-state index >= 15 is 0 Å². The van der Waals surface area contributed by atoms with Crippen molar-refractivity contribution in [3.63, 3.8) is 0 Å². The summed E-state index contributed by atoms with van der Waals surface area (Å²) in [7, 11) is 0. The van der Waals surface area contributed by atoms with Gasteiger partial charge in [0, 0.05) is 37.9 Å². The predicted octanol–water partition coefficient (Wildman–Crippen LogP) is 10.9. The Labute approximate surface area is 269 Å². The zero-order chi connectivity index (χ0) is 30.5. The van der Waals surface area contributed by atoms with Gasteiger partial charge in [0.2, 0.25) is 0 Å². The molecule has 3 aromatic heterocycles. The number of thiophene rings is 1. The van der Waals surface area contributed by atoms with Crippen LogP contribution in [0.15, 0.2) is 158 Å². The molecule has 5 heteroatoms. The molecule has 0 saturated heterocycles. The molecule has 0 unspecified atom stereocenters. The van der Waals surface area contributed by atoms with Crippen molar-refractivity contribution in [2.75, 3.05) is 0 Å². The summed E-state index contributed by atoms with van der Waals surface area (Å²) < 4.78 is 5.03. The lowest BCUT2D eigenvalue weighted by Gasteiger charge is -2.11. The second-order valence-corrected chi connectivity index (χ2v) is 12.4. The van der Waals surface area contributed by atoms with Gasteiger partial charge in [0.05, 0.1) is 15.7 Å². The number of benzene rings is 6. The first-order chi connectivity index (χ1) is 22.8. The average Bonchev–Trinajstić information content (AvgIpc) is 3.67. The van der Waals surface area contributed by atoms with Crippen LogP contribution < -0.4 is 0 Å². The van der Waals surface area contributed by atoms with Crippen LogP contribution in [0.5, 0.6) is 0 Å². The van der Waals surface area contributed by atoms with Gasteiger partial charge in [0.25, 0.3) is 0 Å². The Hall–Kier alpha value is -5.91. The minimum absolute atomic E-state index is 0.648. The zero-order valence-electron chi connectivity index (χ0n) is 24.7.